The Hall–Kier alpha value is -3.06. The van der Waals surface area contributed by atoms with E-state index in [-0.39, 0.29) is 11.4 Å². The number of allylic oxidation sites excluding steroid dienone is 3. The number of nitrogens with one attached hydrogen (secondary N) is 1. The smallest absolute Gasteiger partial charge is 0.343 e. The molecule has 1 N–H and O–H groups in total. The number of hydrogen-bond donors (Lipinski definition) is 1. The quantitative estimate of drug-likeness (QED) is 0.263. The zero-order chi connectivity index (χ0) is 18.4. The molecule has 2 aromatic rings. The molecule has 7 heteroatoms. The van der Waals surface area contributed by atoms with Gasteiger partial charge < -0.3 is 9.46 Å². The van der Waals surface area contributed by atoms with Crippen molar-refractivity contribution < 1.29 is 14.5 Å². The highest BCUT2D eigenvalue weighted by atomic mass is 32.2. The van der Waals surface area contributed by atoms with Crippen LogP contribution in [0.1, 0.15) is 23.2 Å². The summed E-state index contributed by atoms with van der Waals surface area (Å²) in [5.74, 6) is -0.252. The van der Waals surface area contributed by atoms with E-state index in [4.69, 9.17) is 4.74 Å². The minimum absolute atomic E-state index is 0.0541. The number of hydrogen-bond acceptors (Lipinski definition) is 6. The predicted molar refractivity (Wildman–Crippen MR) is 99.9 cm³/mol. The maximum Gasteiger partial charge on any atom is 0.343 e. The first-order chi connectivity index (χ1) is 12.6. The molecule has 0 aromatic heterocycles. The lowest BCUT2D eigenvalue weighted by Gasteiger charge is -2.09. The molecule has 1 aliphatic rings. The topological polar surface area (TPSA) is 81.5 Å². The van der Waals surface area contributed by atoms with Crippen molar-refractivity contribution in [3.63, 3.8) is 0 Å². The van der Waals surface area contributed by atoms with Crippen LogP contribution in [0.5, 0.6) is 5.75 Å². The monoisotopic (exact) mass is 368 g/mol. The van der Waals surface area contributed by atoms with Gasteiger partial charge in [0.2, 0.25) is 0 Å². The zero-order valence-corrected chi connectivity index (χ0v) is 14.6. The van der Waals surface area contributed by atoms with E-state index in [9.17, 15) is 14.9 Å². The van der Waals surface area contributed by atoms with Crippen molar-refractivity contribution >= 4 is 23.6 Å². The van der Waals surface area contributed by atoms with E-state index >= 15 is 0 Å². The van der Waals surface area contributed by atoms with E-state index in [0.29, 0.717) is 5.56 Å². The number of ether oxygens (including phenoxy) is 1. The average Bonchev–Trinajstić information content (AvgIpc) is 2.68. The normalized spacial score (nSPS) is 13.0. The summed E-state index contributed by atoms with van der Waals surface area (Å²) < 4.78 is 8.49. The molecule has 0 spiro atoms. The fraction of sp³-hybridized carbons (Fsp3) is 0.105. The van der Waals surface area contributed by atoms with Crippen molar-refractivity contribution in [3.8, 4) is 5.75 Å². The third-order valence-electron chi connectivity index (χ3n) is 3.63. The van der Waals surface area contributed by atoms with E-state index in [1.165, 1.54) is 36.2 Å². The highest BCUT2D eigenvalue weighted by molar-refractivity contribution is 7.97. The SMILES string of the molecule is O=C(Oc1ccc([N+](=O)[O-])cc1)c1ccc(SNC2=CCCC=C2)cc1. The van der Waals surface area contributed by atoms with Crippen LogP contribution < -0.4 is 9.46 Å². The first kappa shape index (κ1) is 17.8. The number of non-ortho nitro benzene ring substituents is 1. The molecule has 0 aliphatic heterocycles. The standard InChI is InChI=1S/C19H16N2O4S/c22-19(25-17-10-8-16(9-11-17)21(23)24)14-6-12-18(13-7-14)26-20-15-4-2-1-3-5-15/h2,4-13,20H,1,3H2. The van der Waals surface area contributed by atoms with Gasteiger partial charge >= 0.3 is 5.97 Å². The summed E-state index contributed by atoms with van der Waals surface area (Å²) in [7, 11) is 0. The van der Waals surface area contributed by atoms with Gasteiger partial charge in [-0.2, -0.15) is 0 Å². The lowest BCUT2D eigenvalue weighted by molar-refractivity contribution is -0.384. The summed E-state index contributed by atoms with van der Waals surface area (Å²) in [5, 5.41) is 10.6. The zero-order valence-electron chi connectivity index (χ0n) is 13.8. The van der Waals surface area contributed by atoms with Crippen LogP contribution in [0.15, 0.2) is 77.4 Å². The van der Waals surface area contributed by atoms with Crippen LogP contribution in [0.25, 0.3) is 0 Å². The van der Waals surface area contributed by atoms with Gasteiger partial charge in [0, 0.05) is 22.7 Å². The van der Waals surface area contributed by atoms with Crippen LogP contribution in [0.4, 0.5) is 5.69 Å². The molecule has 3 rings (SSSR count). The molecule has 0 amide bonds. The predicted octanol–water partition coefficient (Wildman–Crippen LogP) is 4.64. The molecular formula is C19H16N2O4S. The molecule has 6 nitrogen and oxygen atoms in total. The Balaban J connectivity index is 1.57. The van der Waals surface area contributed by atoms with Gasteiger partial charge in [-0.3, -0.25) is 10.1 Å². The number of carbonyl (C=O) groups is 1. The van der Waals surface area contributed by atoms with Crippen LogP contribution in [-0.4, -0.2) is 10.9 Å². The van der Waals surface area contributed by atoms with Gasteiger partial charge in [0.1, 0.15) is 5.75 Å². The van der Waals surface area contributed by atoms with Crippen molar-refractivity contribution in [2.24, 2.45) is 0 Å². The van der Waals surface area contributed by atoms with Gasteiger partial charge in [0.05, 0.1) is 10.5 Å². The van der Waals surface area contributed by atoms with Crippen molar-refractivity contribution in [1.29, 1.82) is 0 Å². The summed E-state index contributed by atoms with van der Waals surface area (Å²) in [5.41, 5.74) is 1.42. The first-order valence-electron chi connectivity index (χ1n) is 7.98. The molecule has 0 atom stereocenters. The molecule has 132 valence electrons. The lowest BCUT2D eigenvalue weighted by Crippen LogP contribution is -2.08. The van der Waals surface area contributed by atoms with Crippen LogP contribution >= 0.6 is 11.9 Å². The van der Waals surface area contributed by atoms with Crippen LogP contribution in [-0.2, 0) is 0 Å². The molecule has 26 heavy (non-hydrogen) atoms. The Labute approximate surface area is 154 Å². The molecular weight excluding hydrogens is 352 g/mol. The second kappa shape index (κ2) is 8.35. The van der Waals surface area contributed by atoms with E-state index in [1.807, 2.05) is 18.2 Å². The molecule has 0 radical (unpaired) electrons. The molecule has 2 aromatic carbocycles. The maximum atomic E-state index is 12.2. The van der Waals surface area contributed by atoms with Gasteiger partial charge in [-0.1, -0.05) is 12.2 Å². The van der Waals surface area contributed by atoms with Crippen molar-refractivity contribution in [2.45, 2.75) is 17.7 Å². The Morgan fingerprint density at radius 3 is 2.42 bits per heavy atom. The van der Waals surface area contributed by atoms with E-state index in [2.05, 4.69) is 16.9 Å². The molecule has 0 bridgehead atoms. The van der Waals surface area contributed by atoms with Gasteiger partial charge in [-0.25, -0.2) is 4.79 Å². The number of nitrogens with zero attached hydrogens (tertiary/aromatic N) is 1. The second-order valence-corrected chi connectivity index (χ2v) is 6.39. The minimum atomic E-state index is -0.513. The fourth-order valence-electron chi connectivity index (χ4n) is 2.27. The largest absolute Gasteiger partial charge is 0.423 e. The summed E-state index contributed by atoms with van der Waals surface area (Å²) in [4.78, 5) is 23.2. The Morgan fingerprint density at radius 1 is 1.08 bits per heavy atom. The second-order valence-electron chi connectivity index (χ2n) is 5.51. The maximum absolute atomic E-state index is 12.2. The molecule has 1 aliphatic carbocycles. The Morgan fingerprint density at radius 2 is 1.81 bits per heavy atom. The summed E-state index contributed by atoms with van der Waals surface area (Å²) >= 11 is 1.47. The lowest BCUT2D eigenvalue weighted by atomic mass is 10.2. The summed E-state index contributed by atoms with van der Waals surface area (Å²) in [6.07, 6.45) is 8.42. The van der Waals surface area contributed by atoms with Crippen LogP contribution in [0.2, 0.25) is 0 Å². The van der Waals surface area contributed by atoms with Crippen LogP contribution in [0, 0.1) is 10.1 Å². The third-order valence-corrected chi connectivity index (χ3v) is 4.48. The average molecular weight is 368 g/mol. The minimum Gasteiger partial charge on any atom is -0.423 e. The number of nitro benzene ring substituents is 1. The molecule has 0 saturated carbocycles. The molecule has 0 fully saturated rings. The Kier molecular flexibility index (Phi) is 5.70. The number of esters is 1. The third kappa shape index (κ3) is 4.73. The van der Waals surface area contributed by atoms with Gasteiger partial charge in [0.15, 0.2) is 0 Å². The number of carbonyl (C=O) groups excluding carboxylic acids is 1. The Bertz CT molecular complexity index is 858. The van der Waals surface area contributed by atoms with E-state index in [0.717, 1.165) is 23.4 Å². The van der Waals surface area contributed by atoms with Crippen molar-refractivity contribution in [1.82, 2.24) is 4.72 Å². The van der Waals surface area contributed by atoms with Crippen molar-refractivity contribution in [3.05, 3.63) is 88.1 Å². The summed E-state index contributed by atoms with van der Waals surface area (Å²) in [6.45, 7) is 0. The molecule has 0 saturated heterocycles. The highest BCUT2D eigenvalue weighted by Crippen LogP contribution is 2.21. The van der Waals surface area contributed by atoms with Crippen molar-refractivity contribution in [2.75, 3.05) is 0 Å². The van der Waals surface area contributed by atoms with Gasteiger partial charge in [0.25, 0.3) is 5.69 Å². The van der Waals surface area contributed by atoms with Gasteiger partial charge in [-0.05, 0) is 67.3 Å². The van der Waals surface area contributed by atoms with E-state index in [1.54, 1.807) is 12.1 Å². The van der Waals surface area contributed by atoms with Crippen LogP contribution in [0.3, 0.4) is 0 Å². The molecule has 0 heterocycles. The highest BCUT2D eigenvalue weighted by Gasteiger charge is 2.11. The summed E-state index contributed by atoms with van der Waals surface area (Å²) in [6, 6.07) is 12.4. The van der Waals surface area contributed by atoms with E-state index < -0.39 is 10.9 Å². The van der Waals surface area contributed by atoms with Gasteiger partial charge in [-0.15, -0.1) is 0 Å². The fourth-order valence-corrected chi connectivity index (χ4v) is 2.93. The first-order valence-corrected chi connectivity index (χ1v) is 8.80. The molecule has 0 unspecified atom stereocenters. The number of rotatable bonds is 6. The number of nitro groups is 1. The number of benzene rings is 2.